The van der Waals surface area contributed by atoms with E-state index in [0.29, 0.717) is 12.0 Å². The lowest BCUT2D eigenvalue weighted by Gasteiger charge is -2.34. The summed E-state index contributed by atoms with van der Waals surface area (Å²) < 4.78 is 5.45. The zero-order chi connectivity index (χ0) is 17.3. The van der Waals surface area contributed by atoms with Crippen LogP contribution in [0.2, 0.25) is 0 Å². The maximum Gasteiger partial charge on any atom is 0.191 e. The molecular formula is C18H39IN4O. The highest BCUT2D eigenvalue weighted by Gasteiger charge is 2.23. The summed E-state index contributed by atoms with van der Waals surface area (Å²) in [6.45, 7) is 12.9. The first-order valence-corrected chi connectivity index (χ1v) is 9.13. The van der Waals surface area contributed by atoms with E-state index in [1.165, 1.54) is 38.8 Å². The monoisotopic (exact) mass is 454 g/mol. The number of methoxy groups -OCH3 is 1. The lowest BCUT2D eigenvalue weighted by atomic mass is 10.0. The van der Waals surface area contributed by atoms with Gasteiger partial charge in [-0.2, -0.15) is 0 Å². The summed E-state index contributed by atoms with van der Waals surface area (Å²) in [6.07, 6.45) is 5.42. The Bertz CT molecular complexity index is 353. The second-order valence-electron chi connectivity index (χ2n) is 7.53. The summed E-state index contributed by atoms with van der Waals surface area (Å²) in [7, 11) is 3.57. The van der Waals surface area contributed by atoms with Gasteiger partial charge in [-0.05, 0) is 45.7 Å². The molecule has 1 fully saturated rings. The Balaban J connectivity index is 0.00000529. The van der Waals surface area contributed by atoms with Crippen molar-refractivity contribution in [1.29, 1.82) is 0 Å². The molecule has 0 aromatic carbocycles. The highest BCUT2D eigenvalue weighted by molar-refractivity contribution is 14.0. The van der Waals surface area contributed by atoms with Gasteiger partial charge >= 0.3 is 0 Å². The van der Waals surface area contributed by atoms with E-state index in [1.807, 2.05) is 7.05 Å². The highest BCUT2D eigenvalue weighted by Crippen LogP contribution is 2.17. The van der Waals surface area contributed by atoms with Gasteiger partial charge in [-0.1, -0.05) is 26.7 Å². The first-order valence-electron chi connectivity index (χ1n) is 9.13. The van der Waals surface area contributed by atoms with Crippen LogP contribution in [-0.4, -0.2) is 62.8 Å². The Hall–Kier alpha value is -0.0800. The van der Waals surface area contributed by atoms with Crippen molar-refractivity contribution < 1.29 is 4.74 Å². The van der Waals surface area contributed by atoms with Gasteiger partial charge in [0.15, 0.2) is 5.96 Å². The fraction of sp³-hybridized carbons (Fsp3) is 0.944. The molecule has 24 heavy (non-hydrogen) atoms. The molecule has 0 saturated carbocycles. The number of likely N-dealkylation sites (tertiary alicyclic amines) is 1. The van der Waals surface area contributed by atoms with E-state index in [2.05, 4.69) is 48.2 Å². The van der Waals surface area contributed by atoms with Crippen LogP contribution in [0.25, 0.3) is 0 Å². The molecule has 1 rings (SSSR count). The molecule has 6 heteroatoms. The first kappa shape index (κ1) is 23.9. The van der Waals surface area contributed by atoms with Crippen LogP contribution >= 0.6 is 24.0 Å². The second-order valence-corrected chi connectivity index (χ2v) is 7.53. The van der Waals surface area contributed by atoms with Crippen molar-refractivity contribution in [3.8, 4) is 0 Å². The molecule has 1 aliphatic heterocycles. The minimum Gasteiger partial charge on any atom is -0.377 e. The Morgan fingerprint density at radius 3 is 2.17 bits per heavy atom. The van der Waals surface area contributed by atoms with E-state index >= 15 is 0 Å². The molecule has 0 radical (unpaired) electrons. The number of nitrogens with one attached hydrogen (secondary N) is 2. The first-order chi connectivity index (χ1) is 10.9. The molecule has 144 valence electrons. The van der Waals surface area contributed by atoms with Crippen molar-refractivity contribution in [2.75, 3.05) is 40.3 Å². The van der Waals surface area contributed by atoms with Crippen LogP contribution in [0.5, 0.6) is 0 Å². The molecular weight excluding hydrogens is 415 g/mol. The predicted octanol–water partition coefficient (Wildman–Crippen LogP) is 3.10. The maximum atomic E-state index is 5.45. The van der Waals surface area contributed by atoms with E-state index < -0.39 is 0 Å². The van der Waals surface area contributed by atoms with Gasteiger partial charge in [0.1, 0.15) is 0 Å². The third kappa shape index (κ3) is 8.85. The van der Waals surface area contributed by atoms with Crippen LogP contribution in [0.15, 0.2) is 4.99 Å². The molecule has 0 aliphatic carbocycles. The summed E-state index contributed by atoms with van der Waals surface area (Å²) in [4.78, 5) is 7.00. The third-order valence-corrected chi connectivity index (χ3v) is 4.82. The van der Waals surface area contributed by atoms with Crippen molar-refractivity contribution in [3.05, 3.63) is 0 Å². The number of aliphatic imine (C=N–C) groups is 1. The number of hydrogen-bond acceptors (Lipinski definition) is 3. The average molecular weight is 454 g/mol. The Morgan fingerprint density at radius 1 is 1.12 bits per heavy atom. The van der Waals surface area contributed by atoms with Crippen molar-refractivity contribution in [1.82, 2.24) is 15.5 Å². The molecule has 1 aliphatic rings. The van der Waals surface area contributed by atoms with Crippen LogP contribution in [0.3, 0.4) is 0 Å². The number of halogens is 1. The molecule has 0 spiro atoms. The fourth-order valence-corrected chi connectivity index (χ4v) is 3.00. The van der Waals surface area contributed by atoms with Gasteiger partial charge in [0.05, 0.1) is 5.60 Å². The van der Waals surface area contributed by atoms with E-state index in [0.717, 1.165) is 19.0 Å². The molecule has 2 N–H and O–H groups in total. The largest absolute Gasteiger partial charge is 0.377 e. The van der Waals surface area contributed by atoms with Crippen LogP contribution in [-0.2, 0) is 4.74 Å². The zero-order valence-electron chi connectivity index (χ0n) is 16.5. The lowest BCUT2D eigenvalue weighted by molar-refractivity contribution is 0.0268. The number of nitrogens with zero attached hydrogens (tertiary/aromatic N) is 2. The van der Waals surface area contributed by atoms with Crippen molar-refractivity contribution >= 4 is 29.9 Å². The molecule has 0 aromatic rings. The van der Waals surface area contributed by atoms with Gasteiger partial charge in [0.2, 0.25) is 0 Å². The molecule has 1 atom stereocenters. The van der Waals surface area contributed by atoms with Crippen LogP contribution in [0, 0.1) is 5.92 Å². The summed E-state index contributed by atoms with van der Waals surface area (Å²) in [6, 6.07) is 0.557. The van der Waals surface area contributed by atoms with Gasteiger partial charge in [-0.3, -0.25) is 9.89 Å². The zero-order valence-corrected chi connectivity index (χ0v) is 18.9. The standard InChI is InChI=1S/C18H38N4O.HI/c1-15(2)16(22-11-9-7-8-10-12-22)13-20-17(19-5)21-14-18(3,4)23-6;/h15-16H,7-14H2,1-6H3,(H2,19,20,21);1H. The van der Waals surface area contributed by atoms with E-state index in [1.54, 1.807) is 7.11 Å². The number of guanidine groups is 1. The van der Waals surface area contributed by atoms with Crippen molar-refractivity contribution in [3.63, 3.8) is 0 Å². The topological polar surface area (TPSA) is 48.9 Å². The Kier molecular flexibility index (Phi) is 12.3. The molecule has 0 bridgehead atoms. The SMILES string of the molecule is CN=C(NCC(C(C)C)N1CCCCCC1)NCC(C)(C)OC.I. The summed E-state index contributed by atoms with van der Waals surface area (Å²) in [5.74, 6) is 1.49. The molecule has 0 amide bonds. The average Bonchev–Trinajstić information content (AvgIpc) is 2.79. The maximum absolute atomic E-state index is 5.45. The minimum atomic E-state index is -0.195. The fourth-order valence-electron chi connectivity index (χ4n) is 3.00. The number of ether oxygens (including phenoxy) is 1. The molecule has 5 nitrogen and oxygen atoms in total. The summed E-state index contributed by atoms with van der Waals surface area (Å²) in [5, 5.41) is 6.87. The molecule has 0 aromatic heterocycles. The molecule has 1 unspecified atom stereocenters. The second kappa shape index (κ2) is 12.3. The normalized spacial score (nSPS) is 18.7. The van der Waals surface area contributed by atoms with Crippen LogP contribution < -0.4 is 10.6 Å². The van der Waals surface area contributed by atoms with E-state index in [9.17, 15) is 0 Å². The Labute approximate surface area is 166 Å². The van der Waals surface area contributed by atoms with Crippen molar-refractivity contribution in [2.45, 2.75) is 65.0 Å². The van der Waals surface area contributed by atoms with Crippen molar-refractivity contribution in [2.24, 2.45) is 10.9 Å². The minimum absolute atomic E-state index is 0. The van der Waals surface area contributed by atoms with E-state index in [-0.39, 0.29) is 29.6 Å². The summed E-state index contributed by atoms with van der Waals surface area (Å²) in [5.41, 5.74) is -0.195. The molecule has 1 heterocycles. The van der Waals surface area contributed by atoms with Gasteiger partial charge < -0.3 is 15.4 Å². The molecule has 1 saturated heterocycles. The lowest BCUT2D eigenvalue weighted by Crippen LogP contribution is -2.51. The van der Waals surface area contributed by atoms with Gasteiger partial charge in [0.25, 0.3) is 0 Å². The summed E-state index contributed by atoms with van der Waals surface area (Å²) >= 11 is 0. The number of rotatable bonds is 7. The van der Waals surface area contributed by atoms with E-state index in [4.69, 9.17) is 4.74 Å². The van der Waals surface area contributed by atoms with Gasteiger partial charge in [-0.15, -0.1) is 24.0 Å². The third-order valence-electron chi connectivity index (χ3n) is 4.82. The van der Waals surface area contributed by atoms with Gasteiger partial charge in [0, 0.05) is 33.3 Å². The predicted molar refractivity (Wildman–Crippen MR) is 115 cm³/mol. The number of hydrogen-bond donors (Lipinski definition) is 2. The quantitative estimate of drug-likeness (QED) is 0.353. The smallest absolute Gasteiger partial charge is 0.191 e. The van der Waals surface area contributed by atoms with Gasteiger partial charge in [-0.25, -0.2) is 0 Å². The Morgan fingerprint density at radius 2 is 1.71 bits per heavy atom. The highest BCUT2D eigenvalue weighted by atomic mass is 127. The van der Waals surface area contributed by atoms with Crippen LogP contribution in [0.1, 0.15) is 53.4 Å². The van der Waals surface area contributed by atoms with Crippen LogP contribution in [0.4, 0.5) is 0 Å².